The van der Waals surface area contributed by atoms with E-state index in [1.54, 1.807) is 0 Å². The zero-order chi connectivity index (χ0) is 20.3. The van der Waals surface area contributed by atoms with Crippen LogP contribution in [0.25, 0.3) is 0 Å². The summed E-state index contributed by atoms with van der Waals surface area (Å²) in [7, 11) is 0. The predicted octanol–water partition coefficient (Wildman–Crippen LogP) is 5.95. The molecule has 4 aliphatic carbocycles. The van der Waals surface area contributed by atoms with Crippen LogP contribution in [0.5, 0.6) is 0 Å². The average Bonchev–Trinajstić information content (AvgIpc) is 2.99. The summed E-state index contributed by atoms with van der Waals surface area (Å²) in [4.78, 5) is 24.2. The van der Waals surface area contributed by atoms with Crippen LogP contribution in [0.1, 0.15) is 98.8 Å². The Bertz CT molecular complexity index is 656. The molecule has 0 aromatic rings. The molecule has 0 aromatic heterocycles. The molecule has 3 heteroatoms. The maximum absolute atomic E-state index is 12.3. The van der Waals surface area contributed by atoms with Crippen molar-refractivity contribution in [3.8, 4) is 0 Å². The van der Waals surface area contributed by atoms with Crippen LogP contribution in [-0.2, 0) is 14.3 Å². The van der Waals surface area contributed by atoms with Gasteiger partial charge in [-0.1, -0.05) is 20.8 Å². The lowest BCUT2D eigenvalue weighted by molar-refractivity contribution is -0.180. The standard InChI is InChI=1S/C25H40O3/c1-6-22(27)28-23(3)13-14-24(4)17(15-23)7-8-18-20-10-9-19(16(2)26)25(20,5)12-11-21(18)24/h17-21H,6-15H2,1-5H3/t17-,18-,19+,20-,21-,23+,24-,25+/m0/s1. The number of ether oxygens (including phenoxy) is 1. The Morgan fingerprint density at radius 1 is 0.893 bits per heavy atom. The molecule has 0 amide bonds. The molecule has 0 bridgehead atoms. The molecule has 0 unspecified atom stereocenters. The number of carbonyl (C=O) groups is 2. The summed E-state index contributed by atoms with van der Waals surface area (Å²) in [5.41, 5.74) is 0.368. The first kappa shape index (κ1) is 20.4. The molecular weight excluding hydrogens is 348 g/mol. The van der Waals surface area contributed by atoms with E-state index in [1.807, 2.05) is 13.8 Å². The molecule has 4 rings (SSSR count). The van der Waals surface area contributed by atoms with Gasteiger partial charge in [-0.2, -0.15) is 0 Å². The largest absolute Gasteiger partial charge is 0.459 e. The number of Topliss-reactive ketones (excluding diaryl/α,β-unsaturated/α-hetero) is 1. The van der Waals surface area contributed by atoms with Gasteiger partial charge in [0.2, 0.25) is 0 Å². The number of ketones is 1. The van der Waals surface area contributed by atoms with E-state index in [-0.39, 0.29) is 17.0 Å². The van der Waals surface area contributed by atoms with Gasteiger partial charge in [0.05, 0.1) is 0 Å². The van der Waals surface area contributed by atoms with Gasteiger partial charge in [-0.25, -0.2) is 0 Å². The molecule has 0 N–H and O–H groups in total. The van der Waals surface area contributed by atoms with Crippen LogP contribution in [0.2, 0.25) is 0 Å². The molecule has 28 heavy (non-hydrogen) atoms. The molecule has 0 aromatic carbocycles. The van der Waals surface area contributed by atoms with Crippen molar-refractivity contribution in [3.05, 3.63) is 0 Å². The third-order valence-electron chi connectivity index (χ3n) is 10.1. The second-order valence-electron chi connectivity index (χ2n) is 11.4. The van der Waals surface area contributed by atoms with E-state index >= 15 is 0 Å². The van der Waals surface area contributed by atoms with E-state index in [0.29, 0.717) is 29.5 Å². The van der Waals surface area contributed by atoms with Gasteiger partial charge in [0.15, 0.2) is 0 Å². The number of hydrogen-bond donors (Lipinski definition) is 0. The summed E-state index contributed by atoms with van der Waals surface area (Å²) in [6.45, 7) is 10.9. The predicted molar refractivity (Wildman–Crippen MR) is 111 cm³/mol. The van der Waals surface area contributed by atoms with Crippen LogP contribution < -0.4 is 0 Å². The molecule has 3 nitrogen and oxygen atoms in total. The van der Waals surface area contributed by atoms with Crippen molar-refractivity contribution in [1.82, 2.24) is 0 Å². The SMILES string of the molecule is CCC(=O)O[C@]1(C)CC[C@@]2(C)[C@@H](CC[C@@H]3[C@@H]2CC[C@]2(C)[C@@H](C(C)=O)CC[C@@H]32)C1. The zero-order valence-corrected chi connectivity index (χ0v) is 18.7. The van der Waals surface area contributed by atoms with Crippen LogP contribution in [0.4, 0.5) is 0 Å². The Kier molecular flexibility index (Phi) is 4.99. The van der Waals surface area contributed by atoms with Crippen molar-refractivity contribution < 1.29 is 14.3 Å². The first-order valence-electron chi connectivity index (χ1n) is 11.9. The van der Waals surface area contributed by atoms with Crippen LogP contribution in [0.15, 0.2) is 0 Å². The third-order valence-corrected chi connectivity index (χ3v) is 10.1. The molecule has 4 aliphatic rings. The molecule has 0 aliphatic heterocycles. The van der Waals surface area contributed by atoms with Crippen LogP contribution in [0.3, 0.4) is 0 Å². The van der Waals surface area contributed by atoms with Crippen molar-refractivity contribution in [3.63, 3.8) is 0 Å². The van der Waals surface area contributed by atoms with Gasteiger partial charge in [-0.15, -0.1) is 0 Å². The first-order chi connectivity index (χ1) is 13.1. The van der Waals surface area contributed by atoms with Crippen LogP contribution in [0, 0.1) is 40.4 Å². The highest BCUT2D eigenvalue weighted by Crippen LogP contribution is 2.68. The van der Waals surface area contributed by atoms with E-state index in [2.05, 4.69) is 20.8 Å². The maximum atomic E-state index is 12.3. The monoisotopic (exact) mass is 388 g/mol. The number of carbonyl (C=O) groups excluding carboxylic acids is 2. The maximum Gasteiger partial charge on any atom is 0.306 e. The Hall–Kier alpha value is -0.860. The lowest BCUT2D eigenvalue weighted by Crippen LogP contribution is -2.56. The van der Waals surface area contributed by atoms with Crippen LogP contribution in [-0.4, -0.2) is 17.4 Å². The van der Waals surface area contributed by atoms with E-state index in [4.69, 9.17) is 4.74 Å². The fourth-order valence-corrected chi connectivity index (χ4v) is 8.52. The summed E-state index contributed by atoms with van der Waals surface area (Å²) in [6, 6.07) is 0. The Labute approximate surface area is 171 Å². The summed E-state index contributed by atoms with van der Waals surface area (Å²) >= 11 is 0. The lowest BCUT2D eigenvalue weighted by Gasteiger charge is -2.62. The Morgan fingerprint density at radius 3 is 2.29 bits per heavy atom. The number of fused-ring (bicyclic) bond motifs is 5. The molecule has 0 radical (unpaired) electrons. The molecular formula is C25H40O3. The molecule has 0 saturated heterocycles. The minimum absolute atomic E-state index is 0.0468. The van der Waals surface area contributed by atoms with Crippen molar-refractivity contribution in [2.75, 3.05) is 0 Å². The van der Waals surface area contributed by atoms with Gasteiger partial charge in [-0.05, 0) is 106 Å². The summed E-state index contributed by atoms with van der Waals surface area (Å²) in [5.74, 6) is 3.68. The van der Waals surface area contributed by atoms with Gasteiger partial charge >= 0.3 is 5.97 Å². The molecule has 4 saturated carbocycles. The van der Waals surface area contributed by atoms with Gasteiger partial charge < -0.3 is 4.74 Å². The van der Waals surface area contributed by atoms with E-state index in [1.165, 1.54) is 38.5 Å². The fraction of sp³-hybridized carbons (Fsp3) is 0.920. The topological polar surface area (TPSA) is 43.4 Å². The summed E-state index contributed by atoms with van der Waals surface area (Å²) < 4.78 is 5.91. The molecule has 0 heterocycles. The van der Waals surface area contributed by atoms with Crippen molar-refractivity contribution in [2.24, 2.45) is 40.4 Å². The quantitative estimate of drug-likeness (QED) is 0.561. The number of hydrogen-bond acceptors (Lipinski definition) is 3. The number of esters is 1. The highest BCUT2D eigenvalue weighted by atomic mass is 16.6. The van der Waals surface area contributed by atoms with Gasteiger partial charge in [-0.3, -0.25) is 9.59 Å². The minimum Gasteiger partial charge on any atom is -0.459 e. The zero-order valence-electron chi connectivity index (χ0n) is 18.7. The van der Waals surface area contributed by atoms with Gasteiger partial charge in [0.25, 0.3) is 0 Å². The Balaban J connectivity index is 1.53. The highest BCUT2D eigenvalue weighted by Gasteiger charge is 2.61. The molecule has 158 valence electrons. The molecule has 0 spiro atoms. The second-order valence-corrected chi connectivity index (χ2v) is 11.4. The Morgan fingerprint density at radius 2 is 1.61 bits per heavy atom. The lowest BCUT2D eigenvalue weighted by atomic mass is 9.44. The van der Waals surface area contributed by atoms with E-state index in [9.17, 15) is 9.59 Å². The minimum atomic E-state index is -0.264. The van der Waals surface area contributed by atoms with Gasteiger partial charge in [0, 0.05) is 12.3 Å². The second kappa shape index (κ2) is 6.84. The summed E-state index contributed by atoms with van der Waals surface area (Å²) in [6.07, 6.45) is 11.2. The van der Waals surface area contributed by atoms with E-state index in [0.717, 1.165) is 37.0 Å². The van der Waals surface area contributed by atoms with Crippen LogP contribution >= 0.6 is 0 Å². The van der Waals surface area contributed by atoms with Crippen molar-refractivity contribution in [2.45, 2.75) is 104 Å². The van der Waals surface area contributed by atoms with Crippen molar-refractivity contribution >= 4 is 11.8 Å². The number of rotatable bonds is 3. The highest BCUT2D eigenvalue weighted by molar-refractivity contribution is 5.79. The normalized spacial score (nSPS) is 50.2. The molecule has 8 atom stereocenters. The van der Waals surface area contributed by atoms with E-state index < -0.39 is 0 Å². The van der Waals surface area contributed by atoms with Gasteiger partial charge in [0.1, 0.15) is 11.4 Å². The fourth-order valence-electron chi connectivity index (χ4n) is 8.52. The average molecular weight is 389 g/mol. The molecule has 4 fully saturated rings. The smallest absolute Gasteiger partial charge is 0.306 e. The first-order valence-corrected chi connectivity index (χ1v) is 11.9. The van der Waals surface area contributed by atoms with Crippen molar-refractivity contribution in [1.29, 1.82) is 0 Å². The third kappa shape index (κ3) is 2.98. The summed E-state index contributed by atoms with van der Waals surface area (Å²) in [5, 5.41) is 0.